The van der Waals surface area contributed by atoms with Gasteiger partial charge in [-0.2, -0.15) is 5.10 Å². The lowest BCUT2D eigenvalue weighted by Gasteiger charge is -2.04. The van der Waals surface area contributed by atoms with Crippen molar-refractivity contribution in [3.8, 4) is 0 Å². The first kappa shape index (κ1) is 13.0. The largest absolute Gasteiger partial charge is 0.478 e. The molecule has 0 aliphatic heterocycles. The van der Waals surface area contributed by atoms with Gasteiger partial charge >= 0.3 is 5.97 Å². The third-order valence-electron chi connectivity index (χ3n) is 2.62. The van der Waals surface area contributed by atoms with E-state index in [9.17, 15) is 4.79 Å². The number of nitrogens with zero attached hydrogens (tertiary/aromatic N) is 3. The lowest BCUT2D eigenvalue weighted by Crippen LogP contribution is -1.97. The topological polar surface area (TPSA) is 67.5 Å². The van der Waals surface area contributed by atoms with E-state index in [1.807, 2.05) is 6.07 Å². The van der Waals surface area contributed by atoms with Crippen molar-refractivity contribution >= 4 is 35.0 Å². The van der Waals surface area contributed by atoms with Crippen LogP contribution in [0.15, 0.2) is 52.6 Å². The highest BCUT2D eigenvalue weighted by molar-refractivity contribution is 7.99. The van der Waals surface area contributed by atoms with Crippen molar-refractivity contribution in [2.45, 2.75) is 9.92 Å². The summed E-state index contributed by atoms with van der Waals surface area (Å²) < 4.78 is 1.66. The van der Waals surface area contributed by atoms with E-state index >= 15 is 0 Å². The van der Waals surface area contributed by atoms with E-state index in [0.717, 1.165) is 15.6 Å². The summed E-state index contributed by atoms with van der Waals surface area (Å²) >= 11 is 7.21. The molecule has 0 amide bonds. The van der Waals surface area contributed by atoms with E-state index in [0.29, 0.717) is 0 Å². The molecule has 0 saturated heterocycles. The summed E-state index contributed by atoms with van der Waals surface area (Å²) in [5, 5.41) is 14.1. The molecule has 0 spiro atoms. The van der Waals surface area contributed by atoms with Crippen LogP contribution in [-0.4, -0.2) is 25.7 Å². The fourth-order valence-corrected chi connectivity index (χ4v) is 2.73. The number of carboxylic acids is 1. The van der Waals surface area contributed by atoms with Gasteiger partial charge in [-0.1, -0.05) is 23.4 Å². The molecule has 0 radical (unpaired) electrons. The molecule has 3 aromatic rings. The van der Waals surface area contributed by atoms with Crippen molar-refractivity contribution in [2.75, 3.05) is 0 Å². The number of carbonyl (C=O) groups is 1. The Morgan fingerprint density at radius 1 is 1.30 bits per heavy atom. The van der Waals surface area contributed by atoms with E-state index in [-0.39, 0.29) is 10.6 Å². The van der Waals surface area contributed by atoms with Crippen molar-refractivity contribution in [1.29, 1.82) is 0 Å². The van der Waals surface area contributed by atoms with Crippen LogP contribution in [-0.2, 0) is 0 Å². The Hall–Kier alpha value is -2.05. The van der Waals surface area contributed by atoms with Crippen molar-refractivity contribution in [1.82, 2.24) is 14.6 Å². The Bertz CT molecular complexity index is 803. The summed E-state index contributed by atoms with van der Waals surface area (Å²) in [6.45, 7) is 0. The molecular formula is C13H8ClN3O2S. The normalized spacial score (nSPS) is 10.8. The fourth-order valence-electron chi connectivity index (χ4n) is 1.70. The molecule has 0 unspecified atom stereocenters. The molecule has 1 aromatic carbocycles. The Morgan fingerprint density at radius 3 is 2.95 bits per heavy atom. The van der Waals surface area contributed by atoms with Crippen molar-refractivity contribution < 1.29 is 9.90 Å². The van der Waals surface area contributed by atoms with Crippen LogP contribution in [0.5, 0.6) is 0 Å². The van der Waals surface area contributed by atoms with Crippen molar-refractivity contribution in [3.63, 3.8) is 0 Å². The molecule has 0 atom stereocenters. The Labute approximate surface area is 123 Å². The summed E-state index contributed by atoms with van der Waals surface area (Å²) in [6, 6.07) is 8.50. The maximum Gasteiger partial charge on any atom is 0.337 e. The SMILES string of the molecule is O=C(O)c1cc(Sc2ccn3nccc3n2)ccc1Cl. The van der Waals surface area contributed by atoms with Crippen LogP contribution in [0.1, 0.15) is 10.4 Å². The first-order valence-electron chi connectivity index (χ1n) is 5.64. The third-order valence-corrected chi connectivity index (χ3v) is 3.88. The van der Waals surface area contributed by atoms with Crippen molar-refractivity contribution in [3.05, 3.63) is 53.3 Å². The van der Waals surface area contributed by atoms with Gasteiger partial charge in [-0.15, -0.1) is 0 Å². The maximum atomic E-state index is 11.0. The summed E-state index contributed by atoms with van der Waals surface area (Å²) in [4.78, 5) is 16.2. The smallest absolute Gasteiger partial charge is 0.337 e. The third kappa shape index (κ3) is 2.48. The van der Waals surface area contributed by atoms with Crippen LogP contribution in [0.2, 0.25) is 5.02 Å². The monoisotopic (exact) mass is 305 g/mol. The lowest BCUT2D eigenvalue weighted by molar-refractivity contribution is 0.0697. The molecule has 3 rings (SSSR count). The predicted molar refractivity (Wildman–Crippen MR) is 75.5 cm³/mol. The van der Waals surface area contributed by atoms with Gasteiger partial charge in [0, 0.05) is 17.2 Å². The van der Waals surface area contributed by atoms with E-state index in [1.54, 1.807) is 35.1 Å². The average molecular weight is 306 g/mol. The number of aromatic carboxylic acids is 1. The number of fused-ring (bicyclic) bond motifs is 1. The van der Waals surface area contributed by atoms with Gasteiger partial charge in [-0.05, 0) is 24.3 Å². The fraction of sp³-hybridized carbons (Fsp3) is 0. The second-order valence-electron chi connectivity index (χ2n) is 3.95. The highest BCUT2D eigenvalue weighted by atomic mass is 35.5. The minimum Gasteiger partial charge on any atom is -0.478 e. The van der Waals surface area contributed by atoms with Crippen LogP contribution >= 0.6 is 23.4 Å². The molecule has 0 aliphatic rings. The molecule has 7 heteroatoms. The van der Waals surface area contributed by atoms with Crippen LogP contribution in [0.4, 0.5) is 0 Å². The van der Waals surface area contributed by atoms with Gasteiger partial charge in [0.1, 0.15) is 5.03 Å². The molecule has 1 N–H and O–H groups in total. The Balaban J connectivity index is 1.94. The quantitative estimate of drug-likeness (QED) is 0.752. The number of rotatable bonds is 3. The summed E-state index contributed by atoms with van der Waals surface area (Å²) in [6.07, 6.45) is 3.47. The second kappa shape index (κ2) is 5.15. The van der Waals surface area contributed by atoms with Crippen LogP contribution in [0.3, 0.4) is 0 Å². The zero-order valence-corrected chi connectivity index (χ0v) is 11.6. The van der Waals surface area contributed by atoms with Gasteiger partial charge in [-0.3, -0.25) is 0 Å². The zero-order chi connectivity index (χ0) is 14.1. The lowest BCUT2D eigenvalue weighted by atomic mass is 10.2. The Morgan fingerprint density at radius 2 is 2.15 bits per heavy atom. The van der Waals surface area contributed by atoms with E-state index < -0.39 is 5.97 Å². The predicted octanol–water partition coefficient (Wildman–Crippen LogP) is 3.23. The van der Waals surface area contributed by atoms with E-state index in [1.165, 1.54) is 17.8 Å². The number of halogens is 1. The standard InChI is InChI=1S/C13H8ClN3O2S/c14-10-2-1-8(7-9(10)13(18)19)20-12-4-6-17-11(16-12)3-5-15-17/h1-7H,(H,18,19). The van der Waals surface area contributed by atoms with E-state index in [2.05, 4.69) is 10.1 Å². The van der Waals surface area contributed by atoms with Gasteiger partial charge in [-0.25, -0.2) is 14.3 Å². The van der Waals surface area contributed by atoms with Gasteiger partial charge in [0.05, 0.1) is 16.8 Å². The van der Waals surface area contributed by atoms with Crippen molar-refractivity contribution in [2.24, 2.45) is 0 Å². The van der Waals surface area contributed by atoms with Crippen LogP contribution in [0, 0.1) is 0 Å². The summed E-state index contributed by atoms with van der Waals surface area (Å²) in [7, 11) is 0. The van der Waals surface area contributed by atoms with Gasteiger partial charge in [0.15, 0.2) is 5.65 Å². The second-order valence-corrected chi connectivity index (χ2v) is 5.45. The molecule has 20 heavy (non-hydrogen) atoms. The first-order valence-corrected chi connectivity index (χ1v) is 6.84. The zero-order valence-electron chi connectivity index (χ0n) is 10.0. The highest BCUT2D eigenvalue weighted by Gasteiger charge is 2.10. The molecule has 100 valence electrons. The Kier molecular flexibility index (Phi) is 3.33. The maximum absolute atomic E-state index is 11.0. The molecule has 2 heterocycles. The van der Waals surface area contributed by atoms with Crippen LogP contribution in [0.25, 0.3) is 5.65 Å². The molecule has 0 fully saturated rings. The molecular weight excluding hydrogens is 298 g/mol. The number of benzene rings is 1. The number of carboxylic acid groups (broad SMARTS) is 1. The van der Waals surface area contributed by atoms with E-state index in [4.69, 9.17) is 16.7 Å². The minimum atomic E-state index is -1.04. The van der Waals surface area contributed by atoms with Gasteiger partial charge in [0.25, 0.3) is 0 Å². The summed E-state index contributed by atoms with van der Waals surface area (Å²) in [5.41, 5.74) is 0.824. The first-order chi connectivity index (χ1) is 9.63. The number of hydrogen-bond acceptors (Lipinski definition) is 4. The van der Waals surface area contributed by atoms with Crippen LogP contribution < -0.4 is 0 Å². The molecule has 2 aromatic heterocycles. The van der Waals surface area contributed by atoms with Gasteiger partial charge < -0.3 is 5.11 Å². The summed E-state index contributed by atoms with van der Waals surface area (Å²) in [5.74, 6) is -1.04. The minimum absolute atomic E-state index is 0.0853. The average Bonchev–Trinajstić information content (AvgIpc) is 2.88. The van der Waals surface area contributed by atoms with Gasteiger partial charge in [0.2, 0.25) is 0 Å². The molecule has 0 aliphatic carbocycles. The molecule has 0 saturated carbocycles. The molecule has 0 bridgehead atoms. The molecule has 5 nitrogen and oxygen atoms in total. The highest BCUT2D eigenvalue weighted by Crippen LogP contribution is 2.29. The number of hydrogen-bond donors (Lipinski definition) is 1. The number of aromatic nitrogens is 3.